The van der Waals surface area contributed by atoms with Gasteiger partial charge in [-0.3, -0.25) is 4.79 Å². The van der Waals surface area contributed by atoms with Gasteiger partial charge in [0, 0.05) is 26.3 Å². The van der Waals surface area contributed by atoms with Crippen LogP contribution in [-0.4, -0.2) is 37.9 Å². The highest BCUT2D eigenvalue weighted by Crippen LogP contribution is 2.13. The van der Waals surface area contributed by atoms with Gasteiger partial charge < -0.3 is 19.3 Å². The zero-order valence-electron chi connectivity index (χ0n) is 10.6. The molecule has 0 aliphatic carbocycles. The first-order valence-electron chi connectivity index (χ1n) is 5.35. The number of nitrogens with zero attached hydrogens (tertiary/aromatic N) is 1. The van der Waals surface area contributed by atoms with Gasteiger partial charge >= 0.3 is 0 Å². The quantitative estimate of drug-likeness (QED) is 0.802. The number of amides is 1. The van der Waals surface area contributed by atoms with Crippen LogP contribution in [0.5, 0.6) is 0 Å². The summed E-state index contributed by atoms with van der Waals surface area (Å²) in [4.78, 5) is 11.8. The maximum atomic E-state index is 11.8. The molecule has 1 N–H and O–H groups in total. The Labute approximate surface area is 100 Å². The highest BCUT2D eigenvalue weighted by atomic mass is 16.5. The number of aromatic nitrogens is 1. The molecule has 0 saturated carbocycles. The van der Waals surface area contributed by atoms with Gasteiger partial charge in [-0.25, -0.2) is 0 Å². The summed E-state index contributed by atoms with van der Waals surface area (Å²) in [6, 6.07) is 0. The number of hydrogen-bond donors (Lipinski definition) is 1. The SMILES string of the molecule is COCc1onc(C(=O)NCC(C)OC)c1C. The van der Waals surface area contributed by atoms with Gasteiger partial charge in [-0.2, -0.15) is 0 Å². The van der Waals surface area contributed by atoms with Gasteiger partial charge in [-0.15, -0.1) is 0 Å². The second-order valence-electron chi connectivity index (χ2n) is 3.77. The van der Waals surface area contributed by atoms with Crippen LogP contribution in [0.4, 0.5) is 0 Å². The molecule has 1 rings (SSSR count). The maximum absolute atomic E-state index is 11.8. The van der Waals surface area contributed by atoms with Crippen LogP contribution in [-0.2, 0) is 16.1 Å². The van der Waals surface area contributed by atoms with E-state index in [1.54, 1.807) is 21.1 Å². The van der Waals surface area contributed by atoms with Crippen molar-refractivity contribution in [2.75, 3.05) is 20.8 Å². The molecule has 1 atom stereocenters. The maximum Gasteiger partial charge on any atom is 0.273 e. The summed E-state index contributed by atoms with van der Waals surface area (Å²) >= 11 is 0. The zero-order chi connectivity index (χ0) is 12.8. The second kappa shape index (κ2) is 6.36. The summed E-state index contributed by atoms with van der Waals surface area (Å²) in [6.07, 6.45) is -0.0374. The van der Waals surface area contributed by atoms with E-state index in [4.69, 9.17) is 14.0 Å². The minimum Gasteiger partial charge on any atom is -0.380 e. The van der Waals surface area contributed by atoms with Gasteiger partial charge in [0.25, 0.3) is 5.91 Å². The Kier molecular flexibility index (Phi) is 5.11. The predicted octanol–water partition coefficient (Wildman–Crippen LogP) is 0.894. The first-order valence-corrected chi connectivity index (χ1v) is 5.35. The summed E-state index contributed by atoms with van der Waals surface area (Å²) in [5.74, 6) is 0.301. The molecule has 1 aromatic rings. The summed E-state index contributed by atoms with van der Waals surface area (Å²) in [5.41, 5.74) is 0.995. The third-order valence-corrected chi connectivity index (χ3v) is 2.46. The van der Waals surface area contributed by atoms with Crippen LogP contribution in [0.25, 0.3) is 0 Å². The van der Waals surface area contributed by atoms with E-state index in [1.807, 2.05) is 6.92 Å². The van der Waals surface area contributed by atoms with Crippen molar-refractivity contribution in [3.8, 4) is 0 Å². The molecule has 0 bridgehead atoms. The van der Waals surface area contributed by atoms with Crippen LogP contribution in [0.1, 0.15) is 28.7 Å². The topological polar surface area (TPSA) is 73.6 Å². The van der Waals surface area contributed by atoms with Crippen LogP contribution >= 0.6 is 0 Å². The summed E-state index contributed by atoms with van der Waals surface area (Å²) < 4.78 is 15.0. The van der Waals surface area contributed by atoms with Crippen molar-refractivity contribution in [3.05, 3.63) is 17.0 Å². The van der Waals surface area contributed by atoms with Crippen molar-refractivity contribution < 1.29 is 18.8 Å². The molecule has 0 aliphatic heterocycles. The first-order chi connectivity index (χ1) is 8.10. The minimum atomic E-state index is -0.266. The monoisotopic (exact) mass is 242 g/mol. The van der Waals surface area contributed by atoms with Gasteiger partial charge in [0.15, 0.2) is 11.5 Å². The lowest BCUT2D eigenvalue weighted by Gasteiger charge is -2.09. The van der Waals surface area contributed by atoms with Gasteiger partial charge in [0.2, 0.25) is 0 Å². The van der Waals surface area contributed by atoms with Crippen LogP contribution in [0.2, 0.25) is 0 Å². The molecule has 6 nitrogen and oxygen atoms in total. The zero-order valence-corrected chi connectivity index (χ0v) is 10.6. The van der Waals surface area contributed by atoms with E-state index in [2.05, 4.69) is 10.5 Å². The molecule has 0 saturated heterocycles. The fourth-order valence-corrected chi connectivity index (χ4v) is 1.25. The average Bonchev–Trinajstić information content (AvgIpc) is 2.68. The van der Waals surface area contributed by atoms with Crippen LogP contribution in [0, 0.1) is 6.92 Å². The molecule has 0 spiro atoms. The standard InChI is InChI=1S/C11H18N2O4/c1-7(16-4)5-12-11(14)10-8(2)9(6-15-3)17-13-10/h7H,5-6H2,1-4H3,(H,12,14). The number of ether oxygens (including phenoxy) is 2. The minimum absolute atomic E-state index is 0.0374. The van der Waals surface area contributed by atoms with Crippen LogP contribution in [0.15, 0.2) is 4.52 Å². The van der Waals surface area contributed by atoms with E-state index in [1.165, 1.54) is 0 Å². The Morgan fingerprint density at radius 3 is 2.82 bits per heavy atom. The lowest BCUT2D eigenvalue weighted by molar-refractivity contribution is 0.0861. The molecule has 1 amide bonds. The molecule has 1 aromatic heterocycles. The Bertz CT molecular complexity index is 376. The molecule has 1 heterocycles. The third kappa shape index (κ3) is 3.54. The molecule has 96 valence electrons. The van der Waals surface area contributed by atoms with Crippen LogP contribution < -0.4 is 5.32 Å². The Morgan fingerprint density at radius 2 is 2.24 bits per heavy atom. The number of nitrogens with one attached hydrogen (secondary N) is 1. The van der Waals surface area contributed by atoms with Crippen molar-refractivity contribution in [3.63, 3.8) is 0 Å². The molecule has 6 heteroatoms. The van der Waals surface area contributed by atoms with Gasteiger partial charge in [0.1, 0.15) is 6.61 Å². The van der Waals surface area contributed by atoms with Crippen molar-refractivity contribution in [1.82, 2.24) is 10.5 Å². The van der Waals surface area contributed by atoms with Crippen molar-refractivity contribution >= 4 is 5.91 Å². The third-order valence-electron chi connectivity index (χ3n) is 2.46. The van der Waals surface area contributed by atoms with Crippen molar-refractivity contribution in [2.45, 2.75) is 26.6 Å². The molecular weight excluding hydrogens is 224 g/mol. The van der Waals surface area contributed by atoms with Gasteiger partial charge in [-0.1, -0.05) is 5.16 Å². The average molecular weight is 242 g/mol. The number of hydrogen-bond acceptors (Lipinski definition) is 5. The first kappa shape index (κ1) is 13.7. The van der Waals surface area contributed by atoms with Crippen LogP contribution in [0.3, 0.4) is 0 Å². The molecule has 1 unspecified atom stereocenters. The van der Waals surface area contributed by atoms with E-state index in [0.717, 1.165) is 0 Å². The number of methoxy groups -OCH3 is 2. The molecular formula is C11H18N2O4. The molecule has 0 aliphatic rings. The lowest BCUT2D eigenvalue weighted by Crippen LogP contribution is -2.32. The van der Waals surface area contributed by atoms with Crippen molar-refractivity contribution in [1.29, 1.82) is 0 Å². The smallest absolute Gasteiger partial charge is 0.273 e. The Hall–Kier alpha value is -1.40. The Balaban J connectivity index is 2.63. The van der Waals surface area contributed by atoms with Gasteiger partial charge in [-0.05, 0) is 13.8 Å². The van der Waals surface area contributed by atoms with E-state index in [9.17, 15) is 4.79 Å². The largest absolute Gasteiger partial charge is 0.380 e. The molecule has 0 fully saturated rings. The lowest BCUT2D eigenvalue weighted by atomic mass is 10.2. The molecule has 0 aromatic carbocycles. The highest BCUT2D eigenvalue weighted by Gasteiger charge is 2.18. The highest BCUT2D eigenvalue weighted by molar-refractivity contribution is 5.93. The number of carbonyl (C=O) groups is 1. The number of rotatable bonds is 6. The van der Waals surface area contributed by atoms with E-state index in [-0.39, 0.29) is 12.0 Å². The molecule has 17 heavy (non-hydrogen) atoms. The second-order valence-corrected chi connectivity index (χ2v) is 3.77. The van der Waals surface area contributed by atoms with E-state index in [0.29, 0.717) is 30.2 Å². The fraction of sp³-hybridized carbons (Fsp3) is 0.636. The fourth-order valence-electron chi connectivity index (χ4n) is 1.25. The summed E-state index contributed by atoms with van der Waals surface area (Å²) in [5, 5.41) is 6.45. The summed E-state index contributed by atoms with van der Waals surface area (Å²) in [7, 11) is 3.15. The predicted molar refractivity (Wildman–Crippen MR) is 60.8 cm³/mol. The summed E-state index contributed by atoms with van der Waals surface area (Å²) in [6.45, 7) is 4.38. The normalized spacial score (nSPS) is 12.5. The molecule has 0 radical (unpaired) electrons. The van der Waals surface area contributed by atoms with E-state index < -0.39 is 0 Å². The van der Waals surface area contributed by atoms with Crippen molar-refractivity contribution in [2.24, 2.45) is 0 Å². The van der Waals surface area contributed by atoms with Gasteiger partial charge in [0.05, 0.1) is 6.10 Å². The van der Waals surface area contributed by atoms with E-state index >= 15 is 0 Å². The Morgan fingerprint density at radius 1 is 1.53 bits per heavy atom. The number of carbonyl (C=O) groups excluding carboxylic acids is 1.